The average molecular weight is 433 g/mol. The number of piperazine rings is 1. The predicted octanol–water partition coefficient (Wildman–Crippen LogP) is 3.88. The summed E-state index contributed by atoms with van der Waals surface area (Å²) in [7, 11) is 3.25. The quantitative estimate of drug-likeness (QED) is 0.476. The summed E-state index contributed by atoms with van der Waals surface area (Å²) >= 11 is 0. The summed E-state index contributed by atoms with van der Waals surface area (Å²) in [4.78, 5) is 9.20. The van der Waals surface area contributed by atoms with Crippen molar-refractivity contribution < 1.29 is 13.9 Å². The molecular formula is C24H24FN5O2. The number of methoxy groups -OCH3 is 2. The van der Waals surface area contributed by atoms with Gasteiger partial charge < -0.3 is 19.3 Å². The number of anilines is 2. The second-order valence-electron chi connectivity index (χ2n) is 7.63. The van der Waals surface area contributed by atoms with Crippen LogP contribution in [0.3, 0.4) is 0 Å². The van der Waals surface area contributed by atoms with Gasteiger partial charge in [0.15, 0.2) is 17.3 Å². The van der Waals surface area contributed by atoms with Gasteiger partial charge in [0.1, 0.15) is 11.3 Å². The Morgan fingerprint density at radius 2 is 1.56 bits per heavy atom. The van der Waals surface area contributed by atoms with Gasteiger partial charge in [0, 0.05) is 49.8 Å². The molecule has 8 heteroatoms. The zero-order valence-electron chi connectivity index (χ0n) is 18.0. The molecule has 0 bridgehead atoms. The molecule has 0 N–H and O–H groups in total. The minimum absolute atomic E-state index is 0.214. The minimum atomic E-state index is -0.214. The fraction of sp³-hybridized carbons (Fsp3) is 0.250. The SMILES string of the molecule is COc1ccc(-c2cc3c(N4CCN(c5ccc(F)cc5)CC4)nccn3n2)cc1OC. The average Bonchev–Trinajstić information content (AvgIpc) is 3.29. The van der Waals surface area contributed by atoms with Crippen molar-refractivity contribution in [2.45, 2.75) is 0 Å². The van der Waals surface area contributed by atoms with E-state index in [4.69, 9.17) is 14.6 Å². The molecule has 0 spiro atoms. The summed E-state index contributed by atoms with van der Waals surface area (Å²) in [5.41, 5.74) is 3.77. The third-order valence-corrected chi connectivity index (χ3v) is 5.82. The first-order valence-corrected chi connectivity index (χ1v) is 10.5. The largest absolute Gasteiger partial charge is 0.493 e. The highest BCUT2D eigenvalue weighted by atomic mass is 19.1. The van der Waals surface area contributed by atoms with Crippen LogP contribution in [0.15, 0.2) is 60.9 Å². The van der Waals surface area contributed by atoms with Crippen LogP contribution >= 0.6 is 0 Å². The Morgan fingerprint density at radius 1 is 0.844 bits per heavy atom. The fourth-order valence-electron chi connectivity index (χ4n) is 4.12. The molecule has 0 unspecified atom stereocenters. The van der Waals surface area contributed by atoms with Crippen LogP contribution in [-0.4, -0.2) is 55.0 Å². The van der Waals surface area contributed by atoms with Gasteiger partial charge in [-0.25, -0.2) is 13.9 Å². The molecule has 0 aliphatic carbocycles. The Morgan fingerprint density at radius 3 is 2.28 bits per heavy atom. The molecule has 1 fully saturated rings. The highest BCUT2D eigenvalue weighted by Gasteiger charge is 2.21. The highest BCUT2D eigenvalue weighted by Crippen LogP contribution is 2.33. The van der Waals surface area contributed by atoms with Crippen molar-refractivity contribution in [3.05, 3.63) is 66.7 Å². The van der Waals surface area contributed by atoms with Gasteiger partial charge in [-0.3, -0.25) is 0 Å². The molecule has 0 amide bonds. The number of ether oxygens (including phenoxy) is 2. The topological polar surface area (TPSA) is 55.1 Å². The second-order valence-corrected chi connectivity index (χ2v) is 7.63. The van der Waals surface area contributed by atoms with E-state index in [9.17, 15) is 4.39 Å². The van der Waals surface area contributed by atoms with Crippen molar-refractivity contribution in [2.24, 2.45) is 0 Å². The molecule has 4 aromatic rings. The lowest BCUT2D eigenvalue weighted by Crippen LogP contribution is -2.47. The Labute approximate surface area is 185 Å². The summed E-state index contributed by atoms with van der Waals surface area (Å²) in [6.07, 6.45) is 3.64. The molecule has 0 atom stereocenters. The normalized spacial score (nSPS) is 14.1. The lowest BCUT2D eigenvalue weighted by molar-refractivity contribution is 0.355. The van der Waals surface area contributed by atoms with Crippen molar-refractivity contribution in [3.8, 4) is 22.8 Å². The lowest BCUT2D eigenvalue weighted by Gasteiger charge is -2.36. The van der Waals surface area contributed by atoms with Crippen LogP contribution in [-0.2, 0) is 0 Å². The monoisotopic (exact) mass is 433 g/mol. The Bertz CT molecular complexity index is 1230. The fourth-order valence-corrected chi connectivity index (χ4v) is 4.12. The molecule has 3 heterocycles. The molecule has 0 saturated carbocycles. The van der Waals surface area contributed by atoms with Gasteiger partial charge in [-0.05, 0) is 48.5 Å². The molecule has 5 rings (SSSR count). The Balaban J connectivity index is 1.40. The van der Waals surface area contributed by atoms with E-state index < -0.39 is 0 Å². The van der Waals surface area contributed by atoms with E-state index in [2.05, 4.69) is 20.9 Å². The smallest absolute Gasteiger partial charge is 0.161 e. The molecule has 0 radical (unpaired) electrons. The first kappa shape index (κ1) is 20.1. The van der Waals surface area contributed by atoms with Crippen molar-refractivity contribution >= 4 is 17.0 Å². The Kier molecular flexibility index (Phi) is 5.26. The first-order chi connectivity index (χ1) is 15.7. The zero-order chi connectivity index (χ0) is 22.1. The Hall–Kier alpha value is -3.81. The van der Waals surface area contributed by atoms with Crippen molar-refractivity contribution in [3.63, 3.8) is 0 Å². The molecular weight excluding hydrogens is 409 g/mol. The maximum atomic E-state index is 13.2. The van der Waals surface area contributed by atoms with Crippen LogP contribution in [0.25, 0.3) is 16.8 Å². The van der Waals surface area contributed by atoms with E-state index in [1.165, 1.54) is 12.1 Å². The van der Waals surface area contributed by atoms with E-state index >= 15 is 0 Å². The third kappa shape index (κ3) is 3.68. The number of fused-ring (bicyclic) bond motifs is 1. The van der Waals surface area contributed by atoms with Crippen molar-refractivity contribution in [2.75, 3.05) is 50.2 Å². The van der Waals surface area contributed by atoms with Crippen molar-refractivity contribution in [1.82, 2.24) is 14.6 Å². The lowest BCUT2D eigenvalue weighted by atomic mass is 10.1. The molecule has 1 saturated heterocycles. The van der Waals surface area contributed by atoms with Crippen LogP contribution in [0.2, 0.25) is 0 Å². The molecule has 32 heavy (non-hydrogen) atoms. The van der Waals surface area contributed by atoms with Crippen LogP contribution < -0.4 is 19.3 Å². The molecule has 164 valence electrons. The van der Waals surface area contributed by atoms with Crippen LogP contribution in [0, 0.1) is 5.82 Å². The van der Waals surface area contributed by atoms with Gasteiger partial charge in [-0.1, -0.05) is 0 Å². The van der Waals surface area contributed by atoms with Gasteiger partial charge in [0.2, 0.25) is 0 Å². The zero-order valence-corrected chi connectivity index (χ0v) is 18.0. The summed E-state index contributed by atoms with van der Waals surface area (Å²) in [6, 6.07) is 14.5. The van der Waals surface area contributed by atoms with Crippen LogP contribution in [0.5, 0.6) is 11.5 Å². The van der Waals surface area contributed by atoms with Gasteiger partial charge in [0.05, 0.1) is 19.9 Å². The van der Waals surface area contributed by atoms with E-state index in [-0.39, 0.29) is 5.82 Å². The van der Waals surface area contributed by atoms with E-state index in [0.29, 0.717) is 11.5 Å². The molecule has 1 aliphatic rings. The maximum absolute atomic E-state index is 13.2. The maximum Gasteiger partial charge on any atom is 0.161 e. The van der Waals surface area contributed by atoms with E-state index in [1.54, 1.807) is 20.4 Å². The number of halogens is 1. The number of rotatable bonds is 5. The first-order valence-electron chi connectivity index (χ1n) is 10.5. The number of hydrogen-bond acceptors (Lipinski definition) is 6. The van der Waals surface area contributed by atoms with Crippen LogP contribution in [0.1, 0.15) is 0 Å². The predicted molar refractivity (Wildman–Crippen MR) is 122 cm³/mol. The highest BCUT2D eigenvalue weighted by molar-refractivity contribution is 5.76. The van der Waals surface area contributed by atoms with Gasteiger partial charge in [0.25, 0.3) is 0 Å². The number of benzene rings is 2. The summed E-state index contributed by atoms with van der Waals surface area (Å²) in [5.74, 6) is 2.04. The molecule has 2 aromatic heterocycles. The third-order valence-electron chi connectivity index (χ3n) is 5.82. The second kappa shape index (κ2) is 8.37. The summed E-state index contributed by atoms with van der Waals surface area (Å²) in [5, 5.41) is 4.75. The van der Waals surface area contributed by atoms with Gasteiger partial charge >= 0.3 is 0 Å². The van der Waals surface area contributed by atoms with Crippen molar-refractivity contribution in [1.29, 1.82) is 0 Å². The number of aromatic nitrogens is 3. The molecule has 2 aromatic carbocycles. The van der Waals surface area contributed by atoms with E-state index in [0.717, 1.165) is 54.5 Å². The summed E-state index contributed by atoms with van der Waals surface area (Å²) in [6.45, 7) is 3.32. The molecule has 7 nitrogen and oxygen atoms in total. The standard InChI is InChI=1S/C24H24FN5O2/c1-31-22-8-3-17(15-23(22)32-2)20-16-21-24(26-9-10-30(21)27-20)29-13-11-28(12-14-29)19-6-4-18(25)5-7-19/h3-10,15-16H,11-14H2,1-2H3. The number of hydrogen-bond donors (Lipinski definition) is 0. The minimum Gasteiger partial charge on any atom is -0.493 e. The van der Waals surface area contributed by atoms with Gasteiger partial charge in [-0.15, -0.1) is 0 Å². The van der Waals surface area contributed by atoms with Gasteiger partial charge in [-0.2, -0.15) is 5.10 Å². The van der Waals surface area contributed by atoms with Crippen LogP contribution in [0.4, 0.5) is 15.9 Å². The summed E-state index contributed by atoms with van der Waals surface area (Å²) < 4.78 is 25.9. The number of nitrogens with zero attached hydrogens (tertiary/aromatic N) is 5. The van der Waals surface area contributed by atoms with E-state index in [1.807, 2.05) is 41.0 Å². The molecule has 1 aliphatic heterocycles.